The Balaban J connectivity index is 1.54. The Hall–Kier alpha value is -2.38. The molecule has 2 aromatic rings. The first-order valence-electron chi connectivity index (χ1n) is 10.6. The molecule has 1 aromatic heterocycles. The van der Waals surface area contributed by atoms with Crippen LogP contribution in [0.15, 0.2) is 46.8 Å². The lowest BCUT2D eigenvalue weighted by molar-refractivity contribution is -0.127. The minimum absolute atomic E-state index is 0.0222. The second kappa shape index (κ2) is 11.7. The number of amides is 1. The number of hydrogen-bond donors (Lipinski definition) is 2. The molecule has 162 valence electrons. The van der Waals surface area contributed by atoms with Gasteiger partial charge in [0.15, 0.2) is 5.96 Å². The van der Waals surface area contributed by atoms with Crippen LogP contribution in [0.4, 0.5) is 0 Å². The lowest BCUT2D eigenvalue weighted by atomic mass is 10.1. The van der Waals surface area contributed by atoms with Crippen LogP contribution in [-0.2, 0) is 24.3 Å². The minimum atomic E-state index is 0.0222. The molecule has 0 saturated carbocycles. The van der Waals surface area contributed by atoms with Gasteiger partial charge in [-0.15, -0.1) is 11.3 Å². The maximum atomic E-state index is 11.9. The highest BCUT2D eigenvalue weighted by Gasteiger charge is 2.11. The van der Waals surface area contributed by atoms with E-state index >= 15 is 0 Å². The van der Waals surface area contributed by atoms with Crippen molar-refractivity contribution >= 4 is 23.2 Å². The maximum absolute atomic E-state index is 11.9. The molecule has 0 atom stereocenters. The predicted molar refractivity (Wildman–Crippen MR) is 125 cm³/mol. The van der Waals surface area contributed by atoms with Crippen LogP contribution < -0.4 is 10.6 Å². The Morgan fingerprint density at radius 1 is 1.10 bits per heavy atom. The van der Waals surface area contributed by atoms with Crippen molar-refractivity contribution in [3.8, 4) is 0 Å². The zero-order valence-corrected chi connectivity index (χ0v) is 18.9. The Bertz CT molecular complexity index is 796. The van der Waals surface area contributed by atoms with Crippen molar-refractivity contribution in [1.82, 2.24) is 20.4 Å². The summed E-state index contributed by atoms with van der Waals surface area (Å²) in [6.45, 7) is 5.04. The molecule has 2 N–H and O–H groups in total. The molecular weight excluding hydrogens is 394 g/mol. The fourth-order valence-corrected chi connectivity index (χ4v) is 4.08. The van der Waals surface area contributed by atoms with Gasteiger partial charge in [0.05, 0.1) is 13.1 Å². The average Bonchev–Trinajstić information content (AvgIpc) is 3.44. The third kappa shape index (κ3) is 7.46. The molecule has 30 heavy (non-hydrogen) atoms. The number of hydrogen-bond acceptors (Lipinski definition) is 4. The Morgan fingerprint density at radius 3 is 2.50 bits per heavy atom. The fourth-order valence-electron chi connectivity index (χ4n) is 3.37. The van der Waals surface area contributed by atoms with Gasteiger partial charge in [0, 0.05) is 32.1 Å². The first kappa shape index (κ1) is 22.3. The van der Waals surface area contributed by atoms with Gasteiger partial charge in [-0.3, -0.25) is 9.69 Å². The van der Waals surface area contributed by atoms with Crippen LogP contribution in [0, 0.1) is 0 Å². The van der Waals surface area contributed by atoms with Crippen molar-refractivity contribution in [2.24, 2.45) is 4.99 Å². The van der Waals surface area contributed by atoms with Crippen LogP contribution in [0.2, 0.25) is 0 Å². The van der Waals surface area contributed by atoms with Crippen LogP contribution in [0.1, 0.15) is 28.8 Å². The van der Waals surface area contributed by atoms with Crippen molar-refractivity contribution in [2.75, 3.05) is 40.3 Å². The summed E-state index contributed by atoms with van der Waals surface area (Å²) < 4.78 is 0. The molecule has 0 radical (unpaired) electrons. The number of aliphatic imine (C=N–C) groups is 1. The third-order valence-corrected chi connectivity index (χ3v) is 6.13. The maximum Gasteiger partial charge on any atom is 0.241 e. The van der Waals surface area contributed by atoms with Crippen molar-refractivity contribution in [3.05, 3.63) is 57.8 Å². The second-order valence-electron chi connectivity index (χ2n) is 7.86. The Labute approximate surface area is 184 Å². The number of benzene rings is 1. The van der Waals surface area contributed by atoms with Gasteiger partial charge in [-0.1, -0.05) is 30.3 Å². The molecular formula is C23H33N5OS. The lowest BCUT2D eigenvalue weighted by Gasteiger charge is -2.15. The number of rotatable bonds is 9. The topological polar surface area (TPSA) is 60.0 Å². The molecule has 0 spiro atoms. The molecule has 1 aliphatic rings. The number of thiophene rings is 1. The largest absolute Gasteiger partial charge is 0.356 e. The molecule has 1 amide bonds. The van der Waals surface area contributed by atoms with Crippen molar-refractivity contribution in [1.29, 1.82) is 0 Å². The van der Waals surface area contributed by atoms with E-state index in [1.807, 2.05) is 0 Å². The number of nitrogens with zero attached hydrogens (tertiary/aromatic N) is 3. The number of carbonyl (C=O) groups excluding carboxylic acids is 1. The molecule has 1 fully saturated rings. The first-order valence-corrected chi connectivity index (χ1v) is 11.5. The van der Waals surface area contributed by atoms with Gasteiger partial charge >= 0.3 is 0 Å². The van der Waals surface area contributed by atoms with Crippen LogP contribution in [0.25, 0.3) is 0 Å². The normalized spacial score (nSPS) is 14.7. The van der Waals surface area contributed by atoms with Gasteiger partial charge in [0.2, 0.25) is 5.91 Å². The Kier molecular flexibility index (Phi) is 8.71. The van der Waals surface area contributed by atoms with Crippen LogP contribution >= 0.6 is 11.3 Å². The van der Waals surface area contributed by atoms with E-state index in [4.69, 9.17) is 4.99 Å². The smallest absolute Gasteiger partial charge is 0.241 e. The molecule has 0 bridgehead atoms. The molecule has 2 heterocycles. The SMILES string of the molecule is CN(C)C(=O)CNC(=NCc1ccc(CN2CCCC2)cc1)NCCc1cccs1. The number of carbonyl (C=O) groups is 1. The van der Waals surface area contributed by atoms with E-state index in [-0.39, 0.29) is 12.5 Å². The molecule has 1 saturated heterocycles. The predicted octanol–water partition coefficient (Wildman–Crippen LogP) is 2.71. The fraction of sp³-hybridized carbons (Fsp3) is 0.478. The summed E-state index contributed by atoms with van der Waals surface area (Å²) in [5.41, 5.74) is 2.52. The van der Waals surface area contributed by atoms with Crippen LogP contribution in [-0.4, -0.2) is 61.9 Å². The summed E-state index contributed by atoms with van der Waals surface area (Å²) >= 11 is 1.75. The van der Waals surface area contributed by atoms with Crippen molar-refractivity contribution < 1.29 is 4.79 Å². The number of likely N-dealkylation sites (N-methyl/N-ethyl adjacent to an activating group) is 1. The summed E-state index contributed by atoms with van der Waals surface area (Å²) in [6, 6.07) is 12.9. The minimum Gasteiger partial charge on any atom is -0.356 e. The average molecular weight is 428 g/mol. The monoisotopic (exact) mass is 427 g/mol. The Morgan fingerprint density at radius 2 is 1.83 bits per heavy atom. The van der Waals surface area contributed by atoms with Crippen LogP contribution in [0.5, 0.6) is 0 Å². The van der Waals surface area contributed by atoms with E-state index < -0.39 is 0 Å². The number of likely N-dealkylation sites (tertiary alicyclic amines) is 1. The van der Waals surface area contributed by atoms with E-state index in [1.165, 1.54) is 41.9 Å². The first-order chi connectivity index (χ1) is 14.6. The van der Waals surface area contributed by atoms with Gasteiger partial charge in [-0.25, -0.2) is 4.99 Å². The molecule has 3 rings (SSSR count). The van der Waals surface area contributed by atoms with Crippen molar-refractivity contribution in [3.63, 3.8) is 0 Å². The summed E-state index contributed by atoms with van der Waals surface area (Å²) in [6.07, 6.45) is 3.57. The second-order valence-corrected chi connectivity index (χ2v) is 8.89. The molecule has 7 heteroatoms. The molecule has 1 aliphatic heterocycles. The zero-order valence-electron chi connectivity index (χ0n) is 18.1. The van der Waals surface area contributed by atoms with E-state index in [0.29, 0.717) is 12.5 Å². The van der Waals surface area contributed by atoms with Gasteiger partial charge in [-0.2, -0.15) is 0 Å². The quantitative estimate of drug-likeness (QED) is 0.477. The van der Waals surface area contributed by atoms with Crippen molar-refractivity contribution in [2.45, 2.75) is 32.4 Å². The highest BCUT2D eigenvalue weighted by Crippen LogP contribution is 2.13. The van der Waals surface area contributed by atoms with E-state index in [1.54, 1.807) is 30.3 Å². The number of nitrogens with one attached hydrogen (secondary N) is 2. The third-order valence-electron chi connectivity index (χ3n) is 5.20. The summed E-state index contributed by atoms with van der Waals surface area (Å²) in [4.78, 5) is 22.1. The summed E-state index contributed by atoms with van der Waals surface area (Å²) in [5.74, 6) is 0.692. The van der Waals surface area contributed by atoms with E-state index in [0.717, 1.165) is 19.5 Å². The summed E-state index contributed by atoms with van der Waals surface area (Å²) in [5, 5.41) is 8.59. The van der Waals surface area contributed by atoms with Gasteiger partial charge in [0.1, 0.15) is 0 Å². The molecule has 0 aliphatic carbocycles. The highest BCUT2D eigenvalue weighted by molar-refractivity contribution is 7.09. The van der Waals surface area contributed by atoms with E-state index in [9.17, 15) is 4.79 Å². The van der Waals surface area contributed by atoms with Gasteiger partial charge < -0.3 is 15.5 Å². The van der Waals surface area contributed by atoms with Gasteiger partial charge in [-0.05, 0) is 54.9 Å². The molecule has 6 nitrogen and oxygen atoms in total. The summed E-state index contributed by atoms with van der Waals surface area (Å²) in [7, 11) is 3.52. The zero-order chi connectivity index (χ0) is 21.2. The number of guanidine groups is 1. The van der Waals surface area contributed by atoms with Gasteiger partial charge in [0.25, 0.3) is 0 Å². The lowest BCUT2D eigenvalue weighted by Crippen LogP contribution is -2.43. The van der Waals surface area contributed by atoms with E-state index in [2.05, 4.69) is 57.3 Å². The molecule has 0 unspecified atom stereocenters. The van der Waals surface area contributed by atoms with Crippen LogP contribution in [0.3, 0.4) is 0 Å². The molecule has 1 aromatic carbocycles. The standard InChI is InChI=1S/C23H33N5OS/c1-27(2)22(29)17-26-23(24-12-11-21-6-5-15-30-21)25-16-19-7-9-20(10-8-19)18-28-13-3-4-14-28/h5-10,15H,3-4,11-14,16-18H2,1-2H3,(H2,24,25,26). The highest BCUT2D eigenvalue weighted by atomic mass is 32.1.